The monoisotopic (exact) mass is 436 g/mol. The van der Waals surface area contributed by atoms with E-state index in [9.17, 15) is 12.8 Å². The molecule has 0 amide bonds. The van der Waals surface area contributed by atoms with Gasteiger partial charge in [0.2, 0.25) is 10.0 Å². The number of halogens is 2. The Labute approximate surface area is 172 Å². The van der Waals surface area contributed by atoms with Gasteiger partial charge >= 0.3 is 0 Å². The third kappa shape index (κ3) is 5.83. The number of anilines is 3. The zero-order valence-electron chi connectivity index (χ0n) is 15.4. The summed E-state index contributed by atoms with van der Waals surface area (Å²) in [5.41, 5.74) is 1.07. The van der Waals surface area contributed by atoms with Crippen LogP contribution in [0.25, 0.3) is 0 Å². The van der Waals surface area contributed by atoms with Crippen LogP contribution in [0.3, 0.4) is 0 Å². The van der Waals surface area contributed by atoms with E-state index in [1.165, 1.54) is 0 Å². The van der Waals surface area contributed by atoms with Gasteiger partial charge < -0.3 is 10.6 Å². The van der Waals surface area contributed by atoms with Gasteiger partial charge in [0.05, 0.1) is 9.92 Å². The van der Waals surface area contributed by atoms with Gasteiger partial charge in [-0.05, 0) is 55.0 Å². The molecule has 3 aromatic rings. The van der Waals surface area contributed by atoms with E-state index in [1.54, 1.807) is 18.3 Å². The first-order valence-corrected chi connectivity index (χ1v) is 10.4. The maximum absolute atomic E-state index is 13.2. The first kappa shape index (κ1) is 20.9. The van der Waals surface area contributed by atoms with Gasteiger partial charge in [-0.1, -0.05) is 11.6 Å². The van der Waals surface area contributed by atoms with Crippen LogP contribution in [0, 0.1) is 12.7 Å². The van der Waals surface area contributed by atoms with Gasteiger partial charge in [-0.25, -0.2) is 22.5 Å². The Morgan fingerprint density at radius 1 is 1.00 bits per heavy atom. The first-order chi connectivity index (χ1) is 13.8. The fourth-order valence-corrected chi connectivity index (χ4v) is 3.64. The quantitative estimate of drug-likeness (QED) is 0.465. The average Bonchev–Trinajstić information content (AvgIpc) is 2.68. The molecule has 0 aliphatic carbocycles. The van der Waals surface area contributed by atoms with Gasteiger partial charge in [0, 0.05) is 19.3 Å². The number of nitrogens with one attached hydrogen (secondary N) is 3. The van der Waals surface area contributed by atoms with Gasteiger partial charge in [0.25, 0.3) is 0 Å². The minimum atomic E-state index is -3.79. The molecular formula is C18H18ClFN6O2S. The zero-order chi connectivity index (χ0) is 20.9. The van der Waals surface area contributed by atoms with E-state index in [1.807, 2.05) is 19.1 Å². The Morgan fingerprint density at radius 3 is 2.45 bits per heavy atom. The van der Waals surface area contributed by atoms with E-state index in [0.717, 1.165) is 23.8 Å². The predicted molar refractivity (Wildman–Crippen MR) is 109 cm³/mol. The van der Waals surface area contributed by atoms with E-state index in [0.29, 0.717) is 17.5 Å². The summed E-state index contributed by atoms with van der Waals surface area (Å²) in [6.07, 6.45) is 1.70. The van der Waals surface area contributed by atoms with Crippen molar-refractivity contribution in [2.45, 2.75) is 11.8 Å². The highest BCUT2D eigenvalue weighted by Crippen LogP contribution is 2.19. The normalized spacial score (nSPS) is 11.3. The van der Waals surface area contributed by atoms with Crippen molar-refractivity contribution >= 4 is 39.1 Å². The molecule has 29 heavy (non-hydrogen) atoms. The molecule has 2 aromatic heterocycles. The number of sulfonamides is 1. The summed E-state index contributed by atoms with van der Waals surface area (Å²) in [6, 6.07) is 10.4. The molecule has 0 unspecified atom stereocenters. The molecule has 0 aliphatic heterocycles. The lowest BCUT2D eigenvalue weighted by Gasteiger charge is -2.09. The molecular weight excluding hydrogens is 419 g/mol. The van der Waals surface area contributed by atoms with Crippen LogP contribution < -0.4 is 15.4 Å². The molecule has 8 nitrogen and oxygen atoms in total. The molecule has 0 saturated heterocycles. The second kappa shape index (κ2) is 9.12. The Hall–Kier alpha value is -2.82. The zero-order valence-corrected chi connectivity index (χ0v) is 16.9. The molecule has 3 N–H and O–H groups in total. The smallest absolute Gasteiger partial charge is 0.240 e. The van der Waals surface area contributed by atoms with E-state index >= 15 is 0 Å². The number of pyridine rings is 1. The topological polar surface area (TPSA) is 109 Å². The van der Waals surface area contributed by atoms with Crippen molar-refractivity contribution in [3.8, 4) is 0 Å². The van der Waals surface area contributed by atoms with Crippen molar-refractivity contribution in [2.75, 3.05) is 23.7 Å². The first-order valence-electron chi connectivity index (χ1n) is 8.55. The van der Waals surface area contributed by atoms with Gasteiger partial charge in [-0.15, -0.1) is 10.2 Å². The summed E-state index contributed by atoms with van der Waals surface area (Å²) in [6.45, 7) is 2.33. The predicted octanol–water partition coefficient (Wildman–Crippen LogP) is 3.11. The lowest BCUT2D eigenvalue weighted by molar-refractivity contribution is 0.582. The van der Waals surface area contributed by atoms with Gasteiger partial charge in [-0.2, -0.15) is 0 Å². The van der Waals surface area contributed by atoms with Crippen LogP contribution in [0.1, 0.15) is 5.56 Å². The third-order valence-electron chi connectivity index (χ3n) is 3.76. The molecule has 0 spiro atoms. The van der Waals surface area contributed by atoms with Gasteiger partial charge in [0.1, 0.15) is 17.5 Å². The van der Waals surface area contributed by atoms with Crippen molar-refractivity contribution in [2.24, 2.45) is 0 Å². The molecule has 152 valence electrons. The molecule has 2 heterocycles. The molecule has 3 rings (SSSR count). The minimum absolute atomic E-state index is 0.0895. The SMILES string of the molecule is Cc1ccnc(Nc2ccc(NCCNS(=O)(=O)c3ccc(F)c(Cl)c3)nn2)c1. The number of nitrogens with zero attached hydrogens (tertiary/aromatic N) is 3. The van der Waals surface area contributed by atoms with Gasteiger partial charge in [0.15, 0.2) is 5.82 Å². The largest absolute Gasteiger partial charge is 0.367 e. The number of benzene rings is 1. The Morgan fingerprint density at radius 2 is 1.76 bits per heavy atom. The number of rotatable bonds is 8. The Kier molecular flexibility index (Phi) is 6.57. The maximum atomic E-state index is 13.2. The molecule has 1 aromatic carbocycles. The van der Waals surface area contributed by atoms with Crippen LogP contribution in [0.4, 0.5) is 21.8 Å². The van der Waals surface area contributed by atoms with Crippen LogP contribution in [-0.2, 0) is 10.0 Å². The molecule has 0 atom stereocenters. The van der Waals surface area contributed by atoms with Crippen molar-refractivity contribution in [1.82, 2.24) is 19.9 Å². The summed E-state index contributed by atoms with van der Waals surface area (Å²) in [7, 11) is -3.79. The van der Waals surface area contributed by atoms with Crippen LogP contribution in [-0.4, -0.2) is 36.7 Å². The molecule has 0 radical (unpaired) electrons. The van der Waals surface area contributed by atoms with E-state index < -0.39 is 15.8 Å². The summed E-state index contributed by atoms with van der Waals surface area (Å²) >= 11 is 5.63. The highest BCUT2D eigenvalue weighted by Gasteiger charge is 2.15. The van der Waals surface area contributed by atoms with Crippen LogP contribution in [0.2, 0.25) is 5.02 Å². The van der Waals surface area contributed by atoms with Gasteiger partial charge in [-0.3, -0.25) is 0 Å². The highest BCUT2D eigenvalue weighted by molar-refractivity contribution is 7.89. The number of hydrogen-bond acceptors (Lipinski definition) is 7. The summed E-state index contributed by atoms with van der Waals surface area (Å²) in [4.78, 5) is 4.08. The van der Waals surface area contributed by atoms with E-state index in [4.69, 9.17) is 11.6 Å². The summed E-state index contributed by atoms with van der Waals surface area (Å²) in [5, 5.41) is 13.8. The molecule has 11 heteroatoms. The fraction of sp³-hybridized carbons (Fsp3) is 0.167. The van der Waals surface area contributed by atoms with Crippen molar-refractivity contribution in [1.29, 1.82) is 0 Å². The Bertz CT molecular complexity index is 1100. The molecule has 0 aliphatic rings. The van der Waals surface area contributed by atoms with Crippen LogP contribution in [0.5, 0.6) is 0 Å². The standard InChI is InChI=1S/C18H18ClFN6O2S/c1-12-6-7-21-18(10-12)24-17-5-4-16(25-26-17)22-8-9-23-29(27,28)13-2-3-15(20)14(19)11-13/h2-7,10-11,23H,8-9H2,1H3,(H,22,25)(H,21,24,26). The van der Waals surface area contributed by atoms with E-state index in [2.05, 4.69) is 30.5 Å². The molecule has 0 saturated carbocycles. The lowest BCUT2D eigenvalue weighted by atomic mass is 10.3. The molecule has 0 fully saturated rings. The van der Waals surface area contributed by atoms with Crippen LogP contribution >= 0.6 is 11.6 Å². The molecule has 0 bridgehead atoms. The third-order valence-corrected chi connectivity index (χ3v) is 5.51. The maximum Gasteiger partial charge on any atom is 0.240 e. The summed E-state index contributed by atoms with van der Waals surface area (Å²) in [5.74, 6) is 0.997. The second-order valence-corrected chi connectivity index (χ2v) is 8.22. The van der Waals surface area contributed by atoms with Crippen molar-refractivity contribution < 1.29 is 12.8 Å². The number of hydrogen-bond donors (Lipinski definition) is 3. The summed E-state index contributed by atoms with van der Waals surface area (Å²) < 4.78 is 39.9. The Balaban J connectivity index is 1.49. The average molecular weight is 437 g/mol. The van der Waals surface area contributed by atoms with Crippen LogP contribution in [0.15, 0.2) is 53.6 Å². The number of aryl methyl sites for hydroxylation is 1. The van der Waals surface area contributed by atoms with Crippen molar-refractivity contribution in [3.63, 3.8) is 0 Å². The number of aromatic nitrogens is 3. The van der Waals surface area contributed by atoms with Crippen molar-refractivity contribution in [3.05, 3.63) is 65.1 Å². The second-order valence-electron chi connectivity index (χ2n) is 6.05. The van der Waals surface area contributed by atoms with E-state index in [-0.39, 0.29) is 23.0 Å². The minimum Gasteiger partial charge on any atom is -0.367 e. The fourth-order valence-electron chi connectivity index (χ4n) is 2.33. The lowest BCUT2D eigenvalue weighted by Crippen LogP contribution is -2.29. The highest BCUT2D eigenvalue weighted by atomic mass is 35.5.